The fourth-order valence-electron chi connectivity index (χ4n) is 2.47. The van der Waals surface area contributed by atoms with Crippen LogP contribution in [0, 0.1) is 11.7 Å². The average molecular weight is 296 g/mol. The molecule has 0 amide bonds. The van der Waals surface area contributed by atoms with Crippen LogP contribution in [0.4, 0.5) is 4.39 Å². The molecule has 1 aromatic heterocycles. The van der Waals surface area contributed by atoms with Crippen LogP contribution in [0.3, 0.4) is 0 Å². The molecule has 2 atom stereocenters. The maximum absolute atomic E-state index is 13.0. The number of nitrogens with one attached hydrogen (secondary N) is 1. The van der Waals surface area contributed by atoms with Crippen LogP contribution in [-0.4, -0.2) is 16.7 Å². The fourth-order valence-corrected chi connectivity index (χ4v) is 2.70. The highest BCUT2D eigenvalue weighted by Crippen LogP contribution is 2.28. The van der Waals surface area contributed by atoms with E-state index in [0.29, 0.717) is 29.1 Å². The Morgan fingerprint density at radius 3 is 3.05 bits per heavy atom. The molecule has 0 aliphatic carbocycles. The SMILES string of the molecule is CC1CCNC1c1nc(Cc2ccc(F)cc2Cl)no1. The van der Waals surface area contributed by atoms with Gasteiger partial charge in [-0.05, 0) is 36.6 Å². The van der Waals surface area contributed by atoms with E-state index in [1.807, 2.05) is 0 Å². The summed E-state index contributed by atoms with van der Waals surface area (Å²) in [6.07, 6.45) is 1.54. The molecule has 2 aromatic rings. The molecule has 1 aliphatic rings. The predicted molar refractivity (Wildman–Crippen MR) is 73.0 cm³/mol. The van der Waals surface area contributed by atoms with Gasteiger partial charge in [0.1, 0.15) is 5.82 Å². The summed E-state index contributed by atoms with van der Waals surface area (Å²) >= 11 is 6.00. The zero-order chi connectivity index (χ0) is 14.1. The molecule has 6 heteroatoms. The third-order valence-corrected chi connectivity index (χ3v) is 4.00. The zero-order valence-electron chi connectivity index (χ0n) is 11.1. The van der Waals surface area contributed by atoms with Crippen LogP contribution in [0.2, 0.25) is 5.02 Å². The van der Waals surface area contributed by atoms with E-state index in [1.54, 1.807) is 6.07 Å². The normalized spacial score (nSPS) is 22.4. The van der Waals surface area contributed by atoms with E-state index in [-0.39, 0.29) is 11.9 Å². The Hall–Kier alpha value is -1.46. The smallest absolute Gasteiger partial charge is 0.244 e. The van der Waals surface area contributed by atoms with Gasteiger partial charge >= 0.3 is 0 Å². The summed E-state index contributed by atoms with van der Waals surface area (Å²) in [7, 11) is 0. The molecule has 1 aliphatic heterocycles. The summed E-state index contributed by atoms with van der Waals surface area (Å²) in [4.78, 5) is 4.41. The summed E-state index contributed by atoms with van der Waals surface area (Å²) in [5.41, 5.74) is 0.785. The van der Waals surface area contributed by atoms with Gasteiger partial charge in [-0.3, -0.25) is 0 Å². The lowest BCUT2D eigenvalue weighted by atomic mass is 10.0. The van der Waals surface area contributed by atoms with Gasteiger partial charge < -0.3 is 9.84 Å². The Morgan fingerprint density at radius 2 is 2.35 bits per heavy atom. The van der Waals surface area contributed by atoms with E-state index in [9.17, 15) is 4.39 Å². The first-order valence-electron chi connectivity index (χ1n) is 6.63. The van der Waals surface area contributed by atoms with Gasteiger partial charge in [-0.15, -0.1) is 0 Å². The van der Waals surface area contributed by atoms with Crippen molar-refractivity contribution in [3.63, 3.8) is 0 Å². The zero-order valence-corrected chi connectivity index (χ0v) is 11.8. The van der Waals surface area contributed by atoms with Crippen LogP contribution >= 0.6 is 11.6 Å². The lowest BCUT2D eigenvalue weighted by Crippen LogP contribution is -2.16. The molecule has 1 N–H and O–H groups in total. The standard InChI is InChI=1S/C14H15ClFN3O/c1-8-4-5-17-13(8)14-18-12(19-20-14)6-9-2-3-10(16)7-11(9)15/h2-3,7-8,13,17H,4-6H2,1H3. The quantitative estimate of drug-likeness (QED) is 0.945. The van der Waals surface area contributed by atoms with Gasteiger partial charge in [-0.25, -0.2) is 4.39 Å². The van der Waals surface area contributed by atoms with Crippen molar-refractivity contribution in [3.8, 4) is 0 Å². The molecule has 1 saturated heterocycles. The highest BCUT2D eigenvalue weighted by Gasteiger charge is 2.29. The van der Waals surface area contributed by atoms with Crippen molar-refractivity contribution in [2.24, 2.45) is 5.92 Å². The van der Waals surface area contributed by atoms with E-state index in [1.165, 1.54) is 12.1 Å². The predicted octanol–water partition coefficient (Wildman–Crippen LogP) is 3.12. The molecule has 106 valence electrons. The van der Waals surface area contributed by atoms with E-state index in [2.05, 4.69) is 22.4 Å². The van der Waals surface area contributed by atoms with Crippen molar-refractivity contribution < 1.29 is 8.91 Å². The topological polar surface area (TPSA) is 51.0 Å². The van der Waals surface area contributed by atoms with Gasteiger partial charge in [-0.2, -0.15) is 4.98 Å². The number of hydrogen-bond acceptors (Lipinski definition) is 4. The Balaban J connectivity index is 1.77. The van der Waals surface area contributed by atoms with Crippen LogP contribution < -0.4 is 5.32 Å². The van der Waals surface area contributed by atoms with Gasteiger partial charge in [0.25, 0.3) is 0 Å². The molecule has 20 heavy (non-hydrogen) atoms. The van der Waals surface area contributed by atoms with Crippen molar-refractivity contribution in [2.75, 3.05) is 6.54 Å². The second kappa shape index (κ2) is 5.50. The second-order valence-corrected chi connectivity index (χ2v) is 5.57. The molecule has 2 heterocycles. The molecule has 0 bridgehead atoms. The summed E-state index contributed by atoms with van der Waals surface area (Å²) in [5.74, 6) is 1.31. The molecule has 0 radical (unpaired) electrons. The summed E-state index contributed by atoms with van der Waals surface area (Å²) in [6, 6.07) is 4.44. The van der Waals surface area contributed by atoms with Gasteiger partial charge in [0.05, 0.1) is 6.04 Å². The van der Waals surface area contributed by atoms with Gasteiger partial charge in [0.15, 0.2) is 5.82 Å². The third-order valence-electron chi connectivity index (χ3n) is 3.65. The van der Waals surface area contributed by atoms with Crippen molar-refractivity contribution in [2.45, 2.75) is 25.8 Å². The summed E-state index contributed by atoms with van der Waals surface area (Å²) < 4.78 is 18.3. The summed E-state index contributed by atoms with van der Waals surface area (Å²) in [5, 5.41) is 7.70. The molecule has 3 rings (SSSR count). The monoisotopic (exact) mass is 295 g/mol. The third kappa shape index (κ3) is 2.69. The number of benzene rings is 1. The van der Waals surface area contributed by atoms with E-state index in [0.717, 1.165) is 18.5 Å². The average Bonchev–Trinajstić information content (AvgIpc) is 3.01. The number of nitrogens with zero attached hydrogens (tertiary/aromatic N) is 2. The number of hydrogen-bond donors (Lipinski definition) is 1. The Bertz CT molecular complexity index is 616. The molecule has 0 saturated carbocycles. The summed E-state index contributed by atoms with van der Waals surface area (Å²) in [6.45, 7) is 3.12. The van der Waals surface area contributed by atoms with E-state index >= 15 is 0 Å². The first-order chi connectivity index (χ1) is 9.63. The molecule has 4 nitrogen and oxygen atoms in total. The van der Waals surface area contributed by atoms with Gasteiger partial charge in [-0.1, -0.05) is 29.7 Å². The maximum atomic E-state index is 13.0. The van der Waals surface area contributed by atoms with Crippen molar-refractivity contribution in [1.82, 2.24) is 15.5 Å². The highest BCUT2D eigenvalue weighted by molar-refractivity contribution is 6.31. The van der Waals surface area contributed by atoms with Crippen LogP contribution in [-0.2, 0) is 6.42 Å². The van der Waals surface area contributed by atoms with Gasteiger partial charge in [0, 0.05) is 11.4 Å². The number of rotatable bonds is 3. The number of halogens is 2. The molecule has 2 unspecified atom stereocenters. The molecular formula is C14H15ClFN3O. The minimum Gasteiger partial charge on any atom is -0.338 e. The Kier molecular flexibility index (Phi) is 3.72. The first-order valence-corrected chi connectivity index (χ1v) is 7.01. The fraction of sp³-hybridized carbons (Fsp3) is 0.429. The molecular weight excluding hydrogens is 281 g/mol. The molecule has 1 aromatic carbocycles. The minimum atomic E-state index is -0.350. The Labute approximate surface area is 121 Å². The van der Waals surface area contributed by atoms with E-state index < -0.39 is 0 Å². The van der Waals surface area contributed by atoms with Crippen LogP contribution in [0.15, 0.2) is 22.7 Å². The maximum Gasteiger partial charge on any atom is 0.244 e. The molecule has 0 spiro atoms. The number of aromatic nitrogens is 2. The van der Waals surface area contributed by atoms with Crippen LogP contribution in [0.1, 0.15) is 36.7 Å². The van der Waals surface area contributed by atoms with Crippen LogP contribution in [0.25, 0.3) is 0 Å². The lowest BCUT2D eigenvalue weighted by Gasteiger charge is -2.09. The van der Waals surface area contributed by atoms with E-state index in [4.69, 9.17) is 16.1 Å². The first kappa shape index (κ1) is 13.5. The van der Waals surface area contributed by atoms with Crippen molar-refractivity contribution in [3.05, 3.63) is 46.3 Å². The lowest BCUT2D eigenvalue weighted by molar-refractivity contribution is 0.317. The van der Waals surface area contributed by atoms with Crippen molar-refractivity contribution in [1.29, 1.82) is 0 Å². The second-order valence-electron chi connectivity index (χ2n) is 5.16. The van der Waals surface area contributed by atoms with Gasteiger partial charge in [0.2, 0.25) is 5.89 Å². The Morgan fingerprint density at radius 1 is 1.50 bits per heavy atom. The highest BCUT2D eigenvalue weighted by atomic mass is 35.5. The minimum absolute atomic E-state index is 0.125. The van der Waals surface area contributed by atoms with Crippen molar-refractivity contribution >= 4 is 11.6 Å². The largest absolute Gasteiger partial charge is 0.338 e. The van der Waals surface area contributed by atoms with Crippen LogP contribution in [0.5, 0.6) is 0 Å². The molecule has 1 fully saturated rings.